The zero-order valence-corrected chi connectivity index (χ0v) is 21.7. The smallest absolute Gasteiger partial charge is 0.310 e. The molecular formula is C28H30ClNO6. The van der Waals surface area contributed by atoms with E-state index in [0.717, 1.165) is 10.8 Å². The van der Waals surface area contributed by atoms with Gasteiger partial charge in [-0.15, -0.1) is 0 Å². The van der Waals surface area contributed by atoms with Gasteiger partial charge in [-0.25, -0.2) is 4.57 Å². The lowest BCUT2D eigenvalue weighted by Gasteiger charge is -2.19. The standard InChI is InChI=1S/C28H30ClNO6/c1-6-34-22(31)14-17-11-12-21(20(29)13-17)30-27(32)23-24(28(30)33)26(36-16(4)5)19-10-8-7-9-18(19)25(23)35-15(2)3/h7-13,15-16,32-33H,6,14H2,1-5H3. The fraction of sp³-hybridized carbons (Fsp3) is 0.321. The van der Waals surface area contributed by atoms with E-state index < -0.39 is 0 Å². The van der Waals surface area contributed by atoms with Crippen molar-refractivity contribution in [2.75, 3.05) is 6.61 Å². The van der Waals surface area contributed by atoms with E-state index in [9.17, 15) is 15.0 Å². The van der Waals surface area contributed by atoms with E-state index in [2.05, 4.69) is 0 Å². The highest BCUT2D eigenvalue weighted by atomic mass is 35.5. The number of nitrogens with zero attached hydrogens (tertiary/aromatic N) is 1. The zero-order valence-electron chi connectivity index (χ0n) is 21.0. The molecule has 190 valence electrons. The maximum atomic E-state index is 11.9. The largest absolute Gasteiger partial charge is 0.494 e. The van der Waals surface area contributed by atoms with Gasteiger partial charge in [0.1, 0.15) is 11.5 Å². The Bertz CT molecular complexity index is 1370. The van der Waals surface area contributed by atoms with E-state index in [1.165, 1.54) is 4.57 Å². The second-order valence-corrected chi connectivity index (χ2v) is 9.44. The first-order valence-corrected chi connectivity index (χ1v) is 12.3. The van der Waals surface area contributed by atoms with Crippen LogP contribution < -0.4 is 9.47 Å². The first kappa shape index (κ1) is 25.5. The van der Waals surface area contributed by atoms with Crippen molar-refractivity contribution in [3.63, 3.8) is 0 Å². The SMILES string of the molecule is CCOC(=O)Cc1ccc(-n2c(O)c3c(OC(C)C)c4ccccc4c(OC(C)C)c3c2O)c(Cl)c1. The van der Waals surface area contributed by atoms with Gasteiger partial charge in [0.25, 0.3) is 0 Å². The fourth-order valence-electron chi connectivity index (χ4n) is 4.29. The maximum absolute atomic E-state index is 11.9. The normalized spacial score (nSPS) is 11.6. The van der Waals surface area contributed by atoms with Gasteiger partial charge in [-0.2, -0.15) is 0 Å². The second kappa shape index (κ2) is 10.2. The average Bonchev–Trinajstić information content (AvgIpc) is 3.06. The molecule has 4 aromatic rings. The number of aromatic nitrogens is 1. The van der Waals surface area contributed by atoms with Crippen molar-refractivity contribution in [3.05, 3.63) is 53.1 Å². The molecule has 0 bridgehead atoms. The Labute approximate surface area is 214 Å². The number of esters is 1. The minimum Gasteiger partial charge on any atom is -0.494 e. The Morgan fingerprint density at radius 3 is 1.89 bits per heavy atom. The van der Waals surface area contributed by atoms with Crippen molar-refractivity contribution in [1.82, 2.24) is 4.57 Å². The third-order valence-electron chi connectivity index (χ3n) is 5.61. The van der Waals surface area contributed by atoms with Gasteiger partial charge < -0.3 is 24.4 Å². The average molecular weight is 512 g/mol. The minimum atomic E-state index is -0.364. The molecule has 0 atom stereocenters. The predicted octanol–water partition coefficient (Wildman–Crippen LogP) is 6.53. The number of aromatic hydroxyl groups is 2. The van der Waals surface area contributed by atoms with Crippen LogP contribution in [0.4, 0.5) is 0 Å². The van der Waals surface area contributed by atoms with Crippen molar-refractivity contribution in [1.29, 1.82) is 0 Å². The van der Waals surface area contributed by atoms with Gasteiger partial charge in [-0.3, -0.25) is 4.79 Å². The monoisotopic (exact) mass is 511 g/mol. The molecule has 0 saturated heterocycles. The summed E-state index contributed by atoms with van der Waals surface area (Å²) in [5, 5.41) is 25.3. The van der Waals surface area contributed by atoms with Crippen LogP contribution in [0.2, 0.25) is 5.02 Å². The lowest BCUT2D eigenvalue weighted by atomic mass is 10.0. The molecule has 7 nitrogen and oxygen atoms in total. The van der Waals surface area contributed by atoms with Crippen molar-refractivity contribution in [2.45, 2.75) is 53.2 Å². The summed E-state index contributed by atoms with van der Waals surface area (Å²) in [6.07, 6.45) is -0.322. The molecule has 0 fully saturated rings. The van der Waals surface area contributed by atoms with Gasteiger partial charge in [0.2, 0.25) is 11.8 Å². The van der Waals surface area contributed by atoms with E-state index in [1.54, 1.807) is 25.1 Å². The Morgan fingerprint density at radius 1 is 0.917 bits per heavy atom. The first-order chi connectivity index (χ1) is 17.1. The van der Waals surface area contributed by atoms with Crippen LogP contribution in [0.15, 0.2) is 42.5 Å². The molecule has 0 aliphatic carbocycles. The van der Waals surface area contributed by atoms with Crippen LogP contribution in [0.3, 0.4) is 0 Å². The summed E-state index contributed by atoms with van der Waals surface area (Å²) in [6.45, 7) is 9.61. The van der Waals surface area contributed by atoms with E-state index in [-0.39, 0.29) is 48.0 Å². The summed E-state index contributed by atoms with van der Waals surface area (Å²) >= 11 is 6.59. The molecule has 0 saturated carbocycles. The van der Waals surface area contributed by atoms with Crippen LogP contribution in [-0.2, 0) is 16.0 Å². The molecule has 3 aromatic carbocycles. The van der Waals surface area contributed by atoms with Crippen LogP contribution in [-0.4, -0.2) is 39.6 Å². The fourth-order valence-corrected chi connectivity index (χ4v) is 4.58. The molecule has 8 heteroatoms. The van der Waals surface area contributed by atoms with Crippen LogP contribution in [0.1, 0.15) is 40.2 Å². The highest BCUT2D eigenvalue weighted by Crippen LogP contribution is 2.53. The summed E-state index contributed by atoms with van der Waals surface area (Å²) < 4.78 is 18.6. The number of fused-ring (bicyclic) bond motifs is 2. The molecule has 4 rings (SSSR count). The van der Waals surface area contributed by atoms with Crippen LogP contribution in [0.25, 0.3) is 27.2 Å². The van der Waals surface area contributed by atoms with E-state index in [4.69, 9.17) is 25.8 Å². The molecule has 0 unspecified atom stereocenters. The van der Waals surface area contributed by atoms with Crippen molar-refractivity contribution >= 4 is 39.1 Å². The predicted molar refractivity (Wildman–Crippen MR) is 141 cm³/mol. The molecule has 0 amide bonds. The lowest BCUT2D eigenvalue weighted by molar-refractivity contribution is -0.142. The lowest BCUT2D eigenvalue weighted by Crippen LogP contribution is -2.09. The third-order valence-corrected chi connectivity index (χ3v) is 5.91. The molecule has 0 spiro atoms. The minimum absolute atomic E-state index is 0.0591. The number of carbonyl (C=O) groups is 1. The molecule has 0 aliphatic rings. The maximum Gasteiger partial charge on any atom is 0.310 e. The van der Waals surface area contributed by atoms with Gasteiger partial charge in [0.15, 0.2) is 0 Å². The third kappa shape index (κ3) is 4.63. The summed E-state index contributed by atoms with van der Waals surface area (Å²) in [5.41, 5.74) is 0.988. The Morgan fingerprint density at radius 2 is 1.44 bits per heavy atom. The summed E-state index contributed by atoms with van der Waals surface area (Å²) in [5.74, 6) is 0.0353. The number of hydrogen-bond acceptors (Lipinski definition) is 6. The number of halogens is 1. The first-order valence-electron chi connectivity index (χ1n) is 11.9. The summed E-state index contributed by atoms with van der Waals surface area (Å²) in [6, 6.07) is 12.5. The van der Waals surface area contributed by atoms with Crippen LogP contribution in [0, 0.1) is 0 Å². The number of ether oxygens (including phenoxy) is 3. The van der Waals surface area contributed by atoms with Gasteiger partial charge in [0, 0.05) is 10.8 Å². The topological polar surface area (TPSA) is 90.2 Å². The van der Waals surface area contributed by atoms with E-state index in [1.807, 2.05) is 52.0 Å². The van der Waals surface area contributed by atoms with Crippen LogP contribution in [0.5, 0.6) is 23.3 Å². The van der Waals surface area contributed by atoms with Gasteiger partial charge in [-0.05, 0) is 52.3 Å². The number of hydrogen-bond donors (Lipinski definition) is 2. The molecule has 2 N–H and O–H groups in total. The molecule has 0 radical (unpaired) electrons. The van der Waals surface area contributed by atoms with Gasteiger partial charge in [-0.1, -0.05) is 41.9 Å². The van der Waals surface area contributed by atoms with Gasteiger partial charge >= 0.3 is 5.97 Å². The highest BCUT2D eigenvalue weighted by Gasteiger charge is 2.29. The number of rotatable bonds is 8. The van der Waals surface area contributed by atoms with Crippen molar-refractivity contribution in [2.24, 2.45) is 0 Å². The van der Waals surface area contributed by atoms with Crippen LogP contribution >= 0.6 is 11.6 Å². The molecule has 36 heavy (non-hydrogen) atoms. The Balaban J connectivity index is 2.01. The Hall–Kier alpha value is -3.58. The van der Waals surface area contributed by atoms with Gasteiger partial charge in [0.05, 0.1) is 46.7 Å². The summed E-state index contributed by atoms with van der Waals surface area (Å²) in [4.78, 5) is 11.9. The number of benzene rings is 3. The zero-order chi connectivity index (χ0) is 26.1. The Kier molecular flexibility index (Phi) is 7.22. The highest BCUT2D eigenvalue weighted by molar-refractivity contribution is 6.32. The molecule has 1 heterocycles. The molecular weight excluding hydrogens is 482 g/mol. The molecule has 1 aromatic heterocycles. The number of carbonyl (C=O) groups excluding carboxylic acids is 1. The van der Waals surface area contributed by atoms with Crippen molar-refractivity contribution < 1.29 is 29.2 Å². The van der Waals surface area contributed by atoms with Crippen molar-refractivity contribution in [3.8, 4) is 28.9 Å². The quantitative estimate of drug-likeness (QED) is 0.261. The summed E-state index contributed by atoms with van der Waals surface area (Å²) in [7, 11) is 0. The second-order valence-electron chi connectivity index (χ2n) is 9.04. The van der Waals surface area contributed by atoms with E-state index in [0.29, 0.717) is 33.5 Å². The van der Waals surface area contributed by atoms with E-state index >= 15 is 0 Å². The molecule has 0 aliphatic heterocycles.